The van der Waals surface area contributed by atoms with Crippen molar-refractivity contribution in [2.45, 2.75) is 32.7 Å². The minimum Gasteiger partial charge on any atom is -0.497 e. The largest absolute Gasteiger partial charge is 0.497 e. The molecule has 0 saturated heterocycles. The minimum absolute atomic E-state index is 0.108. The van der Waals surface area contributed by atoms with Crippen LogP contribution in [0.4, 0.5) is 5.69 Å². The van der Waals surface area contributed by atoms with Gasteiger partial charge in [0, 0.05) is 12.1 Å². The summed E-state index contributed by atoms with van der Waals surface area (Å²) in [6, 6.07) is 14.1. The number of hydrogen-bond acceptors (Lipinski definition) is 10. The first-order valence-corrected chi connectivity index (χ1v) is 14.4. The highest BCUT2D eigenvalue weighted by Crippen LogP contribution is 2.35. The number of nitrogens with zero attached hydrogens (tertiary/aromatic N) is 3. The summed E-state index contributed by atoms with van der Waals surface area (Å²) in [5.74, 6) is 1.14. The molecule has 0 saturated carbocycles. The summed E-state index contributed by atoms with van der Waals surface area (Å²) in [6.07, 6.45) is 2.88. The van der Waals surface area contributed by atoms with Crippen LogP contribution in [-0.4, -0.2) is 36.3 Å². The van der Waals surface area contributed by atoms with Gasteiger partial charge in [0.1, 0.15) is 23.0 Å². The topological polar surface area (TPSA) is 135 Å². The smallest absolute Gasteiger partial charge is 0.338 e. The van der Waals surface area contributed by atoms with Crippen LogP contribution < -0.4 is 24.4 Å². The van der Waals surface area contributed by atoms with E-state index in [1.165, 1.54) is 35.1 Å². The maximum absolute atomic E-state index is 14.0. The Morgan fingerprint density at radius 3 is 2.65 bits per heavy atom. The summed E-state index contributed by atoms with van der Waals surface area (Å²) < 4.78 is 24.1. The number of nitro benzene ring substituents is 1. The van der Waals surface area contributed by atoms with E-state index in [9.17, 15) is 19.7 Å². The van der Waals surface area contributed by atoms with Crippen LogP contribution in [0.5, 0.6) is 11.5 Å². The molecule has 1 atom stereocenters. The van der Waals surface area contributed by atoms with Crippen molar-refractivity contribution < 1.29 is 28.3 Å². The third kappa shape index (κ3) is 5.73. The lowest BCUT2D eigenvalue weighted by Crippen LogP contribution is -2.40. The van der Waals surface area contributed by atoms with Crippen molar-refractivity contribution >= 4 is 29.1 Å². The highest BCUT2D eigenvalue weighted by atomic mass is 32.1. The second-order valence-electron chi connectivity index (χ2n) is 9.53. The molecule has 4 aromatic rings. The number of fused-ring (bicyclic) bond motifs is 1. The molecule has 0 fully saturated rings. The highest BCUT2D eigenvalue weighted by molar-refractivity contribution is 7.07. The molecule has 0 aliphatic carbocycles. The molecule has 2 aromatic carbocycles. The molecule has 3 heterocycles. The summed E-state index contributed by atoms with van der Waals surface area (Å²) in [5.41, 5.74) is 1.65. The monoisotopic (exact) mass is 603 g/mol. The Hall–Kier alpha value is -4.97. The van der Waals surface area contributed by atoms with E-state index in [4.69, 9.17) is 23.6 Å². The average Bonchev–Trinajstić information content (AvgIpc) is 3.60. The van der Waals surface area contributed by atoms with E-state index in [0.717, 1.165) is 6.42 Å². The number of methoxy groups -OCH3 is 2. The van der Waals surface area contributed by atoms with Crippen molar-refractivity contribution in [1.82, 2.24) is 4.57 Å². The second-order valence-corrected chi connectivity index (χ2v) is 10.5. The van der Waals surface area contributed by atoms with Gasteiger partial charge in [-0.15, -0.1) is 0 Å². The van der Waals surface area contributed by atoms with E-state index < -0.39 is 16.9 Å². The summed E-state index contributed by atoms with van der Waals surface area (Å²) in [4.78, 5) is 43.2. The molecule has 1 aliphatic heterocycles. The number of benzene rings is 2. The van der Waals surface area contributed by atoms with E-state index in [2.05, 4.69) is 0 Å². The number of non-ortho nitro benzene ring substituents is 1. The number of rotatable bonds is 10. The molecule has 0 radical (unpaired) electrons. The van der Waals surface area contributed by atoms with E-state index in [0.29, 0.717) is 55.4 Å². The molecule has 0 unspecified atom stereocenters. The Bertz CT molecular complexity index is 1920. The number of carbonyl (C=O) groups excluding carboxylic acids is 1. The fourth-order valence-corrected chi connectivity index (χ4v) is 5.95. The van der Waals surface area contributed by atoms with Crippen molar-refractivity contribution in [3.8, 4) is 22.8 Å². The number of allylic oxidation sites excluding steroid dienone is 1. The van der Waals surface area contributed by atoms with Gasteiger partial charge < -0.3 is 18.6 Å². The van der Waals surface area contributed by atoms with Crippen molar-refractivity contribution in [2.24, 2.45) is 4.99 Å². The zero-order chi connectivity index (χ0) is 30.7. The van der Waals surface area contributed by atoms with Crippen LogP contribution in [-0.2, 0) is 9.53 Å². The highest BCUT2D eigenvalue weighted by Gasteiger charge is 2.34. The van der Waals surface area contributed by atoms with Gasteiger partial charge in [-0.3, -0.25) is 19.5 Å². The van der Waals surface area contributed by atoms with Gasteiger partial charge in [0.2, 0.25) is 0 Å². The normalized spacial score (nSPS) is 14.7. The maximum atomic E-state index is 14.0. The van der Waals surface area contributed by atoms with E-state index in [1.807, 2.05) is 19.1 Å². The zero-order valence-electron chi connectivity index (χ0n) is 24.0. The molecule has 2 aromatic heterocycles. The van der Waals surface area contributed by atoms with Crippen LogP contribution in [0.1, 0.15) is 44.1 Å². The molecule has 0 bridgehead atoms. The van der Waals surface area contributed by atoms with Crippen LogP contribution in [0.2, 0.25) is 0 Å². The molecule has 0 spiro atoms. The van der Waals surface area contributed by atoms with Crippen LogP contribution in [0, 0.1) is 10.1 Å². The SMILES string of the molecule is CCCC1=C(C(=O)OCC)[C@@H](c2cccc(OC)c2)n2c(s/c(=C\c3ccc(-c4ccc([N+](=O)[O-])cc4OC)o3)c2=O)=N1. The van der Waals surface area contributed by atoms with E-state index in [1.54, 1.807) is 50.4 Å². The first-order chi connectivity index (χ1) is 20.8. The zero-order valence-corrected chi connectivity index (χ0v) is 24.8. The summed E-state index contributed by atoms with van der Waals surface area (Å²) in [5, 5.41) is 11.2. The Balaban J connectivity index is 1.65. The maximum Gasteiger partial charge on any atom is 0.338 e. The van der Waals surface area contributed by atoms with Crippen LogP contribution >= 0.6 is 11.3 Å². The molecule has 0 amide bonds. The van der Waals surface area contributed by atoms with Gasteiger partial charge in [-0.1, -0.05) is 36.8 Å². The van der Waals surface area contributed by atoms with Gasteiger partial charge in [-0.05, 0) is 49.2 Å². The predicted octanol–water partition coefficient (Wildman–Crippen LogP) is 4.76. The number of furan rings is 1. The Kier molecular flexibility index (Phi) is 8.58. The van der Waals surface area contributed by atoms with Gasteiger partial charge in [-0.25, -0.2) is 9.79 Å². The molecule has 12 heteroatoms. The van der Waals surface area contributed by atoms with Gasteiger partial charge in [-0.2, -0.15) is 0 Å². The molecule has 1 aliphatic rings. The Labute approximate surface area is 250 Å². The average molecular weight is 604 g/mol. The van der Waals surface area contributed by atoms with Crippen molar-refractivity contribution in [2.75, 3.05) is 20.8 Å². The number of esters is 1. The van der Waals surface area contributed by atoms with Crippen molar-refractivity contribution in [1.29, 1.82) is 0 Å². The number of hydrogen-bond donors (Lipinski definition) is 0. The molecule has 43 heavy (non-hydrogen) atoms. The lowest BCUT2D eigenvalue weighted by Gasteiger charge is -2.26. The summed E-state index contributed by atoms with van der Waals surface area (Å²) in [7, 11) is 2.97. The molecule has 5 rings (SSSR count). The quantitative estimate of drug-likeness (QED) is 0.144. The minimum atomic E-state index is -0.773. The second kappa shape index (κ2) is 12.5. The van der Waals surface area contributed by atoms with Gasteiger partial charge in [0.15, 0.2) is 4.80 Å². The number of thiazole rings is 1. The van der Waals surface area contributed by atoms with Gasteiger partial charge in [0.05, 0.1) is 59.2 Å². The molecule has 11 nitrogen and oxygen atoms in total. The van der Waals surface area contributed by atoms with Crippen LogP contribution in [0.15, 0.2) is 80.1 Å². The Morgan fingerprint density at radius 2 is 1.95 bits per heavy atom. The third-order valence-electron chi connectivity index (χ3n) is 6.86. The fraction of sp³-hybridized carbons (Fsp3) is 0.258. The van der Waals surface area contributed by atoms with E-state index in [-0.39, 0.29) is 23.6 Å². The van der Waals surface area contributed by atoms with Crippen molar-refractivity contribution in [3.63, 3.8) is 0 Å². The number of carbonyl (C=O) groups is 1. The lowest BCUT2D eigenvalue weighted by molar-refractivity contribution is -0.384. The standard InChI is InChI=1S/C31H29N3O8S/c1-5-8-23-27(30(36)41-6-2)28(18-9-7-10-20(15-18)39-3)33-29(35)26(43-31(33)32-23)17-21-12-14-24(42-21)22-13-11-19(34(37)38)16-25(22)40-4/h7,9-17,28H,5-6,8H2,1-4H3/b26-17-/t28-/m1/s1. The molecular formula is C31H29N3O8S. The summed E-state index contributed by atoms with van der Waals surface area (Å²) >= 11 is 1.19. The van der Waals surface area contributed by atoms with E-state index >= 15 is 0 Å². The summed E-state index contributed by atoms with van der Waals surface area (Å²) in [6.45, 7) is 3.91. The first kappa shape index (κ1) is 29.5. The third-order valence-corrected chi connectivity index (χ3v) is 7.85. The number of nitro groups is 1. The van der Waals surface area contributed by atoms with Crippen LogP contribution in [0.25, 0.3) is 17.4 Å². The predicted molar refractivity (Wildman–Crippen MR) is 160 cm³/mol. The molecule has 222 valence electrons. The molecule has 0 N–H and O–H groups in total. The van der Waals surface area contributed by atoms with Gasteiger partial charge in [0.25, 0.3) is 11.2 Å². The Morgan fingerprint density at radius 1 is 1.14 bits per heavy atom. The lowest BCUT2D eigenvalue weighted by atomic mass is 9.94. The number of ether oxygens (including phenoxy) is 3. The molecular weight excluding hydrogens is 574 g/mol. The fourth-order valence-electron chi connectivity index (χ4n) is 4.95. The first-order valence-electron chi connectivity index (χ1n) is 13.6. The van der Waals surface area contributed by atoms with Gasteiger partial charge >= 0.3 is 5.97 Å². The van der Waals surface area contributed by atoms with Crippen molar-refractivity contribution in [3.05, 3.63) is 107 Å². The number of aromatic nitrogens is 1. The van der Waals surface area contributed by atoms with Crippen LogP contribution in [0.3, 0.4) is 0 Å².